The number of hydrogen-bond acceptors (Lipinski definition) is 7. The van der Waals surface area contributed by atoms with Gasteiger partial charge in [0, 0.05) is 36.7 Å². The number of aryl methyl sites for hydroxylation is 1. The van der Waals surface area contributed by atoms with Crippen LogP contribution in [0.1, 0.15) is 59.9 Å². The smallest absolute Gasteiger partial charge is 0.132 e. The number of likely N-dealkylation sites (tertiary alicyclic amines) is 2. The predicted octanol–water partition coefficient (Wildman–Crippen LogP) is 5.26. The first-order valence-electron chi connectivity index (χ1n) is 13.4. The van der Waals surface area contributed by atoms with Crippen LogP contribution >= 0.6 is 11.8 Å². The SMILES string of the molecule is Cc1ccc(OCc2ccc(CN3CCCCC3)cc2C#N)c(C2=CSC(N3CCC(C=O)CC3)N2)c1. The van der Waals surface area contributed by atoms with Crippen molar-refractivity contribution in [2.24, 2.45) is 5.92 Å². The fourth-order valence-corrected chi connectivity index (χ4v) is 6.44. The predicted molar refractivity (Wildman–Crippen MR) is 149 cm³/mol. The number of carbonyl (C=O) groups excluding carboxylic acids is 1. The van der Waals surface area contributed by atoms with Crippen molar-refractivity contribution in [3.05, 3.63) is 69.6 Å². The molecular formula is C30H36N4O2S. The molecule has 0 bridgehead atoms. The van der Waals surface area contributed by atoms with E-state index in [9.17, 15) is 10.1 Å². The number of hydrogen-bond donors (Lipinski definition) is 1. The van der Waals surface area contributed by atoms with Gasteiger partial charge in [-0.15, -0.1) is 0 Å². The molecule has 0 amide bonds. The van der Waals surface area contributed by atoms with Gasteiger partial charge in [-0.05, 0) is 74.9 Å². The molecule has 0 aliphatic carbocycles. The third-order valence-corrected chi connectivity index (χ3v) is 8.70. The third kappa shape index (κ3) is 6.38. The van der Waals surface area contributed by atoms with E-state index in [1.165, 1.54) is 30.4 Å². The van der Waals surface area contributed by atoms with E-state index in [0.29, 0.717) is 12.2 Å². The molecular weight excluding hydrogens is 480 g/mol. The van der Waals surface area contributed by atoms with Crippen LogP contribution < -0.4 is 10.1 Å². The van der Waals surface area contributed by atoms with Crippen molar-refractivity contribution < 1.29 is 9.53 Å². The average molecular weight is 517 g/mol. The van der Waals surface area contributed by atoms with Gasteiger partial charge in [0.1, 0.15) is 24.1 Å². The second kappa shape index (κ2) is 12.2. The minimum atomic E-state index is 0.175. The molecule has 7 heteroatoms. The lowest BCUT2D eigenvalue weighted by molar-refractivity contribution is -0.112. The standard InChI is InChI=1S/C30H36N4O2S/c1-22-5-8-29(27(15-22)28-21-37-30(32-28)34-13-9-23(19-35)10-14-34)36-20-25-7-6-24(16-26(25)17-31)18-33-11-3-2-4-12-33/h5-8,15-16,19,21,23,30,32H,2-4,9-14,18,20H2,1H3. The summed E-state index contributed by atoms with van der Waals surface area (Å²) in [7, 11) is 0. The van der Waals surface area contributed by atoms with E-state index < -0.39 is 0 Å². The highest BCUT2D eigenvalue weighted by Gasteiger charge is 2.29. The Morgan fingerprint density at radius 3 is 2.68 bits per heavy atom. The molecule has 1 N–H and O–H groups in total. The lowest BCUT2D eigenvalue weighted by atomic mass is 9.99. The van der Waals surface area contributed by atoms with Gasteiger partial charge in [-0.25, -0.2) is 0 Å². The number of nitriles is 1. The minimum Gasteiger partial charge on any atom is -0.488 e. The first-order valence-corrected chi connectivity index (χ1v) is 14.4. The second-order valence-electron chi connectivity index (χ2n) is 10.4. The molecule has 3 heterocycles. The van der Waals surface area contributed by atoms with Crippen LogP contribution in [0.3, 0.4) is 0 Å². The Hall–Kier alpha value is -2.79. The van der Waals surface area contributed by atoms with Crippen LogP contribution in [0.2, 0.25) is 0 Å². The normalized spacial score (nSPS) is 21.2. The first-order chi connectivity index (χ1) is 18.1. The van der Waals surface area contributed by atoms with E-state index >= 15 is 0 Å². The first kappa shape index (κ1) is 25.8. The molecule has 3 aliphatic rings. The molecule has 2 aromatic carbocycles. The zero-order valence-electron chi connectivity index (χ0n) is 21.6. The molecule has 2 fully saturated rings. The molecule has 5 rings (SSSR count). The lowest BCUT2D eigenvalue weighted by Crippen LogP contribution is -2.45. The van der Waals surface area contributed by atoms with Crippen LogP contribution in [-0.4, -0.2) is 47.8 Å². The molecule has 37 heavy (non-hydrogen) atoms. The van der Waals surface area contributed by atoms with Gasteiger partial charge in [0.05, 0.1) is 17.3 Å². The van der Waals surface area contributed by atoms with Gasteiger partial charge < -0.3 is 14.8 Å². The van der Waals surface area contributed by atoms with Gasteiger partial charge in [-0.2, -0.15) is 5.26 Å². The molecule has 0 radical (unpaired) electrons. The fourth-order valence-electron chi connectivity index (χ4n) is 5.41. The molecule has 0 saturated carbocycles. The number of nitrogens with zero attached hydrogens (tertiary/aromatic N) is 3. The van der Waals surface area contributed by atoms with Gasteiger partial charge in [-0.3, -0.25) is 9.80 Å². The van der Waals surface area contributed by atoms with Crippen LogP contribution in [-0.2, 0) is 17.9 Å². The Kier molecular flexibility index (Phi) is 8.50. The molecule has 0 aromatic heterocycles. The summed E-state index contributed by atoms with van der Waals surface area (Å²) in [6.07, 6.45) is 6.80. The third-order valence-electron chi connectivity index (χ3n) is 7.65. The summed E-state index contributed by atoms with van der Waals surface area (Å²) >= 11 is 1.77. The van der Waals surface area contributed by atoms with Crippen molar-refractivity contribution in [1.82, 2.24) is 15.1 Å². The fraction of sp³-hybridized carbons (Fsp3) is 0.467. The largest absolute Gasteiger partial charge is 0.488 e. The van der Waals surface area contributed by atoms with Gasteiger partial charge in [0.2, 0.25) is 0 Å². The van der Waals surface area contributed by atoms with Crippen LogP contribution in [0.4, 0.5) is 0 Å². The van der Waals surface area contributed by atoms with Gasteiger partial charge in [0.15, 0.2) is 0 Å². The molecule has 0 spiro atoms. The Balaban J connectivity index is 1.24. The zero-order chi connectivity index (χ0) is 25.6. The van der Waals surface area contributed by atoms with E-state index in [4.69, 9.17) is 4.74 Å². The van der Waals surface area contributed by atoms with Gasteiger partial charge >= 0.3 is 0 Å². The van der Waals surface area contributed by atoms with Gasteiger partial charge in [-0.1, -0.05) is 41.9 Å². The van der Waals surface area contributed by atoms with Crippen LogP contribution in [0, 0.1) is 24.2 Å². The Labute approximate surface area is 224 Å². The number of nitrogens with one attached hydrogen (secondary N) is 1. The highest BCUT2D eigenvalue weighted by molar-refractivity contribution is 8.03. The van der Waals surface area contributed by atoms with Crippen LogP contribution in [0.15, 0.2) is 41.8 Å². The minimum absolute atomic E-state index is 0.175. The summed E-state index contributed by atoms with van der Waals surface area (Å²) in [4.78, 5) is 16.0. The Morgan fingerprint density at radius 1 is 1.11 bits per heavy atom. The second-order valence-corrected chi connectivity index (χ2v) is 11.4. The number of thioether (sulfide) groups is 1. The van der Waals surface area contributed by atoms with Gasteiger partial charge in [0.25, 0.3) is 0 Å². The van der Waals surface area contributed by atoms with Crippen molar-refractivity contribution in [2.45, 2.75) is 57.7 Å². The summed E-state index contributed by atoms with van der Waals surface area (Å²) in [5, 5.41) is 15.7. The average Bonchev–Trinajstić information content (AvgIpc) is 3.43. The molecule has 1 unspecified atom stereocenters. The number of rotatable bonds is 8. The van der Waals surface area contributed by atoms with Crippen molar-refractivity contribution >= 4 is 23.7 Å². The summed E-state index contributed by atoms with van der Waals surface area (Å²) in [5.41, 5.74) is 6.24. The zero-order valence-corrected chi connectivity index (χ0v) is 22.4. The van der Waals surface area contributed by atoms with Crippen molar-refractivity contribution in [1.29, 1.82) is 5.26 Å². The van der Waals surface area contributed by atoms with E-state index in [0.717, 1.165) is 74.4 Å². The van der Waals surface area contributed by atoms with E-state index in [1.54, 1.807) is 11.8 Å². The lowest BCUT2D eigenvalue weighted by Gasteiger charge is -2.34. The molecule has 194 valence electrons. The highest BCUT2D eigenvalue weighted by Crippen LogP contribution is 2.36. The van der Waals surface area contributed by atoms with Crippen molar-refractivity contribution in [3.63, 3.8) is 0 Å². The molecule has 2 saturated heterocycles. The molecule has 1 atom stereocenters. The number of aldehydes is 1. The Bertz CT molecular complexity index is 1180. The Morgan fingerprint density at radius 2 is 1.92 bits per heavy atom. The van der Waals surface area contributed by atoms with E-state index in [1.807, 2.05) is 18.2 Å². The quantitative estimate of drug-likeness (QED) is 0.480. The topological polar surface area (TPSA) is 68.6 Å². The van der Waals surface area contributed by atoms with E-state index in [2.05, 4.69) is 51.7 Å². The maximum absolute atomic E-state index is 11.1. The van der Waals surface area contributed by atoms with E-state index in [-0.39, 0.29) is 11.4 Å². The summed E-state index contributed by atoms with van der Waals surface area (Å²) < 4.78 is 6.33. The maximum atomic E-state index is 11.1. The summed E-state index contributed by atoms with van der Waals surface area (Å²) in [5.74, 6) is 1.01. The number of piperidine rings is 2. The maximum Gasteiger partial charge on any atom is 0.132 e. The monoisotopic (exact) mass is 516 g/mol. The molecule has 6 nitrogen and oxygen atoms in total. The summed E-state index contributed by atoms with van der Waals surface area (Å²) in [6.45, 7) is 7.49. The highest BCUT2D eigenvalue weighted by atomic mass is 32.2. The number of carbonyl (C=O) groups is 1. The van der Waals surface area contributed by atoms with Crippen LogP contribution in [0.25, 0.3) is 5.70 Å². The molecule has 2 aromatic rings. The molecule has 3 aliphatic heterocycles. The summed E-state index contributed by atoms with van der Waals surface area (Å²) in [6, 6.07) is 14.8. The number of benzene rings is 2. The van der Waals surface area contributed by atoms with Crippen LogP contribution in [0.5, 0.6) is 5.75 Å². The number of ether oxygens (including phenoxy) is 1. The van der Waals surface area contributed by atoms with Crippen molar-refractivity contribution in [3.8, 4) is 11.8 Å². The van der Waals surface area contributed by atoms with Crippen molar-refractivity contribution in [2.75, 3.05) is 26.2 Å².